The molecule has 3 rings (SSSR count). The van der Waals surface area contributed by atoms with Gasteiger partial charge in [0.25, 0.3) is 0 Å². The minimum atomic E-state index is 0.524. The third-order valence-corrected chi connectivity index (χ3v) is 3.61. The highest BCUT2D eigenvalue weighted by Crippen LogP contribution is 2.32. The van der Waals surface area contributed by atoms with Gasteiger partial charge >= 0.3 is 0 Å². The van der Waals surface area contributed by atoms with Crippen molar-refractivity contribution in [3.05, 3.63) is 72.4 Å². The van der Waals surface area contributed by atoms with Crippen molar-refractivity contribution >= 4 is 39.8 Å². The van der Waals surface area contributed by atoms with Crippen LogP contribution < -0.4 is 11.1 Å². The Bertz CT molecular complexity index is 885. The van der Waals surface area contributed by atoms with Crippen LogP contribution >= 0.6 is 11.6 Å². The Morgan fingerprint density at radius 2 is 2.26 bits per heavy atom. The summed E-state index contributed by atoms with van der Waals surface area (Å²) in [7, 11) is 0. The van der Waals surface area contributed by atoms with Gasteiger partial charge in [0, 0.05) is 29.0 Å². The number of ether oxygens (including phenoxy) is 1. The number of anilines is 2. The molecule has 5 nitrogen and oxygen atoms in total. The topological polar surface area (TPSA) is 76.0 Å². The number of nitrogens with one attached hydrogen (secondary N) is 2. The average molecular weight is 327 g/mol. The van der Waals surface area contributed by atoms with E-state index in [1.54, 1.807) is 6.20 Å². The molecule has 0 aliphatic heterocycles. The Morgan fingerprint density at radius 1 is 1.39 bits per heavy atom. The summed E-state index contributed by atoms with van der Waals surface area (Å²) in [6.07, 6.45) is 6.16. The van der Waals surface area contributed by atoms with Crippen LogP contribution in [0.15, 0.2) is 61.8 Å². The van der Waals surface area contributed by atoms with Crippen LogP contribution in [0.1, 0.15) is 5.56 Å². The minimum absolute atomic E-state index is 0.524. The van der Waals surface area contributed by atoms with E-state index in [9.17, 15) is 0 Å². The Morgan fingerprint density at radius 3 is 3.04 bits per heavy atom. The monoisotopic (exact) mass is 326 g/mol. The SMILES string of the molecule is C=CO/C(=C\N)c1cccc(Nc2c(Cl)cnc3[nH]ccc23)c1. The first-order valence-corrected chi connectivity index (χ1v) is 7.29. The number of pyridine rings is 1. The van der Waals surface area contributed by atoms with Crippen LogP contribution in [-0.4, -0.2) is 9.97 Å². The Balaban J connectivity index is 1.98. The summed E-state index contributed by atoms with van der Waals surface area (Å²) in [5.74, 6) is 0.524. The quantitative estimate of drug-likeness (QED) is 0.608. The van der Waals surface area contributed by atoms with Crippen LogP contribution in [0, 0.1) is 0 Å². The predicted octanol–water partition coefficient (Wildman–Crippen LogP) is 4.38. The lowest BCUT2D eigenvalue weighted by atomic mass is 10.1. The standard InChI is InChI=1S/C17H15ClN4O/c1-2-23-15(9-19)11-4-3-5-12(8-11)22-16-13-6-7-20-17(13)21-10-14(16)18/h2-10H,1,19H2,(H2,20,21,22)/b15-9-. The molecule has 0 saturated heterocycles. The summed E-state index contributed by atoms with van der Waals surface area (Å²) in [6.45, 7) is 3.54. The second-order valence-electron chi connectivity index (χ2n) is 4.74. The third-order valence-electron chi connectivity index (χ3n) is 3.32. The number of fused-ring (bicyclic) bond motifs is 1. The van der Waals surface area contributed by atoms with Crippen molar-refractivity contribution in [2.45, 2.75) is 0 Å². The van der Waals surface area contributed by atoms with E-state index >= 15 is 0 Å². The number of hydrogen-bond acceptors (Lipinski definition) is 4. The van der Waals surface area contributed by atoms with Crippen molar-refractivity contribution in [1.82, 2.24) is 9.97 Å². The van der Waals surface area contributed by atoms with E-state index in [0.717, 1.165) is 28.0 Å². The van der Waals surface area contributed by atoms with E-state index in [0.29, 0.717) is 10.8 Å². The van der Waals surface area contributed by atoms with Crippen molar-refractivity contribution in [1.29, 1.82) is 0 Å². The maximum absolute atomic E-state index is 6.28. The Hall–Kier alpha value is -2.92. The van der Waals surface area contributed by atoms with Crippen molar-refractivity contribution in [3.63, 3.8) is 0 Å². The van der Waals surface area contributed by atoms with Crippen LogP contribution in [0.3, 0.4) is 0 Å². The fourth-order valence-corrected chi connectivity index (χ4v) is 2.50. The molecule has 0 spiro atoms. The maximum atomic E-state index is 6.28. The first-order chi connectivity index (χ1) is 11.2. The number of aromatic amines is 1. The molecule has 6 heteroatoms. The van der Waals surface area contributed by atoms with Gasteiger partial charge in [-0.3, -0.25) is 0 Å². The molecule has 0 saturated carbocycles. The molecular weight excluding hydrogens is 312 g/mol. The van der Waals surface area contributed by atoms with Crippen LogP contribution in [0.4, 0.5) is 11.4 Å². The van der Waals surface area contributed by atoms with Crippen LogP contribution in [0.25, 0.3) is 16.8 Å². The molecule has 0 aliphatic carbocycles. The van der Waals surface area contributed by atoms with Crippen LogP contribution in [0.2, 0.25) is 5.02 Å². The molecule has 0 radical (unpaired) electrons. The number of halogens is 1. The first-order valence-electron chi connectivity index (χ1n) is 6.91. The fraction of sp³-hybridized carbons (Fsp3) is 0. The van der Waals surface area contributed by atoms with Gasteiger partial charge in [0.2, 0.25) is 0 Å². The van der Waals surface area contributed by atoms with Crippen molar-refractivity contribution in [2.24, 2.45) is 5.73 Å². The van der Waals surface area contributed by atoms with E-state index < -0.39 is 0 Å². The van der Waals surface area contributed by atoms with E-state index in [4.69, 9.17) is 22.1 Å². The highest BCUT2D eigenvalue weighted by molar-refractivity contribution is 6.34. The van der Waals surface area contributed by atoms with Gasteiger partial charge in [-0.1, -0.05) is 30.3 Å². The zero-order valence-corrected chi connectivity index (χ0v) is 13.0. The lowest BCUT2D eigenvalue weighted by molar-refractivity contribution is 0.437. The normalized spacial score (nSPS) is 11.4. The van der Waals surface area contributed by atoms with Gasteiger partial charge in [-0.15, -0.1) is 0 Å². The predicted molar refractivity (Wildman–Crippen MR) is 94.3 cm³/mol. The third kappa shape index (κ3) is 3.00. The second kappa shape index (κ2) is 6.46. The molecule has 0 unspecified atom stereocenters. The zero-order valence-electron chi connectivity index (χ0n) is 12.2. The highest BCUT2D eigenvalue weighted by Gasteiger charge is 2.09. The van der Waals surface area contributed by atoms with Crippen molar-refractivity contribution in [3.8, 4) is 0 Å². The molecule has 0 aliphatic rings. The highest BCUT2D eigenvalue weighted by atomic mass is 35.5. The number of hydrogen-bond donors (Lipinski definition) is 3. The van der Waals surface area contributed by atoms with Gasteiger partial charge in [0.15, 0.2) is 0 Å². The lowest BCUT2D eigenvalue weighted by Gasteiger charge is -2.12. The molecule has 3 aromatic rings. The van der Waals surface area contributed by atoms with E-state index in [1.807, 2.05) is 36.5 Å². The summed E-state index contributed by atoms with van der Waals surface area (Å²) in [5.41, 5.74) is 8.83. The Kier molecular flexibility index (Phi) is 4.21. The number of nitrogens with two attached hydrogens (primary N) is 1. The molecule has 2 heterocycles. The number of H-pyrrole nitrogens is 1. The van der Waals surface area contributed by atoms with Gasteiger partial charge in [0.05, 0.1) is 23.2 Å². The molecule has 0 amide bonds. The number of aromatic nitrogens is 2. The summed E-state index contributed by atoms with van der Waals surface area (Å²) < 4.78 is 5.30. The smallest absolute Gasteiger partial charge is 0.149 e. The largest absolute Gasteiger partial charge is 0.463 e. The zero-order chi connectivity index (χ0) is 16.2. The van der Waals surface area contributed by atoms with Gasteiger partial charge in [-0.05, 0) is 18.2 Å². The van der Waals surface area contributed by atoms with Gasteiger partial charge in [0.1, 0.15) is 11.4 Å². The molecule has 0 fully saturated rings. The number of nitrogens with zero attached hydrogens (tertiary/aromatic N) is 1. The minimum Gasteiger partial charge on any atom is -0.463 e. The molecule has 0 bridgehead atoms. The van der Waals surface area contributed by atoms with Crippen molar-refractivity contribution in [2.75, 3.05) is 5.32 Å². The van der Waals surface area contributed by atoms with E-state index in [2.05, 4.69) is 21.9 Å². The number of rotatable bonds is 5. The molecule has 116 valence electrons. The van der Waals surface area contributed by atoms with E-state index in [1.165, 1.54) is 12.5 Å². The average Bonchev–Trinajstić information content (AvgIpc) is 3.04. The summed E-state index contributed by atoms with van der Waals surface area (Å²) >= 11 is 6.28. The molecule has 4 N–H and O–H groups in total. The van der Waals surface area contributed by atoms with Gasteiger partial charge in [-0.2, -0.15) is 0 Å². The van der Waals surface area contributed by atoms with Crippen molar-refractivity contribution < 1.29 is 4.74 Å². The van der Waals surface area contributed by atoms with Gasteiger partial charge < -0.3 is 20.8 Å². The van der Waals surface area contributed by atoms with Crippen LogP contribution in [-0.2, 0) is 4.74 Å². The number of benzene rings is 1. The first kappa shape index (κ1) is 15.0. The molecule has 23 heavy (non-hydrogen) atoms. The second-order valence-corrected chi connectivity index (χ2v) is 5.15. The maximum Gasteiger partial charge on any atom is 0.149 e. The Labute approximate surface area is 138 Å². The van der Waals surface area contributed by atoms with Crippen LogP contribution in [0.5, 0.6) is 0 Å². The van der Waals surface area contributed by atoms with E-state index in [-0.39, 0.29) is 0 Å². The lowest BCUT2D eigenvalue weighted by Crippen LogP contribution is -1.96. The molecule has 1 aromatic carbocycles. The summed E-state index contributed by atoms with van der Waals surface area (Å²) in [4.78, 5) is 7.30. The fourth-order valence-electron chi connectivity index (χ4n) is 2.30. The van der Waals surface area contributed by atoms with Gasteiger partial charge in [-0.25, -0.2) is 4.98 Å². The molecule has 2 aromatic heterocycles. The molecular formula is C17H15ClN4O. The summed E-state index contributed by atoms with van der Waals surface area (Å²) in [6, 6.07) is 9.56. The molecule has 0 atom stereocenters. The summed E-state index contributed by atoms with van der Waals surface area (Å²) in [5, 5.41) is 4.78.